The van der Waals surface area contributed by atoms with Crippen LogP contribution < -0.4 is 11.2 Å². The predicted molar refractivity (Wildman–Crippen MR) is 89.8 cm³/mol. The van der Waals surface area contributed by atoms with Gasteiger partial charge in [0.15, 0.2) is 6.23 Å². The average molecular weight is 364 g/mol. The summed E-state index contributed by atoms with van der Waals surface area (Å²) in [6.07, 6.45) is -3.42. The molecule has 0 radical (unpaired) electrons. The van der Waals surface area contributed by atoms with Crippen molar-refractivity contribution in [1.29, 1.82) is 0 Å². The van der Waals surface area contributed by atoms with E-state index in [1.807, 2.05) is 4.98 Å². The summed E-state index contributed by atoms with van der Waals surface area (Å²) in [6, 6.07) is 8.42. The number of rotatable bonds is 4. The molecule has 138 valence electrons. The van der Waals surface area contributed by atoms with Gasteiger partial charge in [0.1, 0.15) is 24.1 Å². The standard InChI is InChI=1S/C17H17FN2O6/c18-11(6-9-4-2-1-3-5-9)10-7-20(17(25)19-15(10)24)16-14(23)13(22)12(8-21)26-16/h1-7,12-14,16,21-23H,8H2,(H,19,24,25)/t12-,13?,14?,16-/m0/s1. The predicted octanol–water partition coefficient (Wildman–Crippen LogP) is -0.384. The third kappa shape index (κ3) is 3.37. The minimum absolute atomic E-state index is 0.439. The molecule has 2 unspecified atom stereocenters. The van der Waals surface area contributed by atoms with Crippen LogP contribution in [-0.2, 0) is 4.74 Å². The molecule has 0 saturated carbocycles. The van der Waals surface area contributed by atoms with Crippen molar-refractivity contribution in [2.24, 2.45) is 0 Å². The van der Waals surface area contributed by atoms with Crippen LogP contribution in [0.3, 0.4) is 0 Å². The number of H-pyrrole nitrogens is 1. The lowest BCUT2D eigenvalue weighted by molar-refractivity contribution is -0.0550. The molecule has 0 bridgehead atoms. The fraction of sp³-hybridized carbons (Fsp3) is 0.294. The Balaban J connectivity index is 2.02. The summed E-state index contributed by atoms with van der Waals surface area (Å²) >= 11 is 0. The van der Waals surface area contributed by atoms with Crippen LogP contribution in [0, 0.1) is 0 Å². The monoisotopic (exact) mass is 364 g/mol. The van der Waals surface area contributed by atoms with E-state index in [0.29, 0.717) is 5.56 Å². The number of halogens is 1. The first-order chi connectivity index (χ1) is 12.4. The molecule has 3 rings (SSSR count). The van der Waals surface area contributed by atoms with E-state index in [4.69, 9.17) is 9.84 Å². The molecule has 8 nitrogen and oxygen atoms in total. The van der Waals surface area contributed by atoms with Gasteiger partial charge < -0.3 is 20.1 Å². The van der Waals surface area contributed by atoms with Crippen molar-refractivity contribution in [2.45, 2.75) is 24.5 Å². The molecule has 4 atom stereocenters. The summed E-state index contributed by atoms with van der Waals surface area (Å²) in [5.74, 6) is -0.891. The summed E-state index contributed by atoms with van der Waals surface area (Å²) in [6.45, 7) is -0.581. The van der Waals surface area contributed by atoms with Crippen LogP contribution in [0.15, 0.2) is 46.1 Å². The summed E-state index contributed by atoms with van der Waals surface area (Å²) in [5, 5.41) is 29.0. The zero-order valence-electron chi connectivity index (χ0n) is 13.4. The highest BCUT2D eigenvalue weighted by molar-refractivity contribution is 5.75. The normalized spacial score (nSPS) is 26.2. The van der Waals surface area contributed by atoms with Crippen molar-refractivity contribution in [2.75, 3.05) is 6.61 Å². The molecule has 1 aromatic carbocycles. The number of nitrogens with zero attached hydrogens (tertiary/aromatic N) is 1. The van der Waals surface area contributed by atoms with Gasteiger partial charge >= 0.3 is 5.69 Å². The highest BCUT2D eigenvalue weighted by atomic mass is 19.1. The Hall–Kier alpha value is -2.59. The average Bonchev–Trinajstić information content (AvgIpc) is 2.91. The van der Waals surface area contributed by atoms with E-state index in [1.54, 1.807) is 30.3 Å². The number of ether oxygens (including phenoxy) is 1. The molecule has 0 amide bonds. The first-order valence-corrected chi connectivity index (χ1v) is 7.83. The maximum atomic E-state index is 14.5. The van der Waals surface area contributed by atoms with E-state index in [1.165, 1.54) is 0 Å². The molecule has 26 heavy (non-hydrogen) atoms. The van der Waals surface area contributed by atoms with Gasteiger partial charge in [0.05, 0.1) is 12.2 Å². The Morgan fingerprint density at radius 1 is 1.23 bits per heavy atom. The Morgan fingerprint density at radius 2 is 1.92 bits per heavy atom. The van der Waals surface area contributed by atoms with Crippen molar-refractivity contribution in [3.63, 3.8) is 0 Å². The second-order valence-electron chi connectivity index (χ2n) is 5.84. The zero-order valence-corrected chi connectivity index (χ0v) is 13.4. The largest absolute Gasteiger partial charge is 0.394 e. The van der Waals surface area contributed by atoms with E-state index in [-0.39, 0.29) is 0 Å². The third-order valence-electron chi connectivity index (χ3n) is 4.11. The SMILES string of the molecule is O=c1[nH]c(=O)n([C@H]2O[C@@H](CO)C(O)C2O)cc1C(F)=Cc1ccccc1. The van der Waals surface area contributed by atoms with Gasteiger partial charge in [-0.1, -0.05) is 30.3 Å². The van der Waals surface area contributed by atoms with Crippen molar-refractivity contribution in [3.8, 4) is 0 Å². The molecule has 1 fully saturated rings. The maximum absolute atomic E-state index is 14.5. The number of aliphatic hydroxyl groups is 3. The van der Waals surface area contributed by atoms with Crippen molar-refractivity contribution in [3.05, 3.63) is 68.5 Å². The van der Waals surface area contributed by atoms with E-state index in [9.17, 15) is 24.2 Å². The molecule has 0 aliphatic carbocycles. The van der Waals surface area contributed by atoms with Gasteiger partial charge in [0, 0.05) is 6.20 Å². The summed E-state index contributed by atoms with van der Waals surface area (Å²) in [5.41, 5.74) is -1.81. The number of aromatic nitrogens is 2. The van der Waals surface area contributed by atoms with E-state index >= 15 is 0 Å². The number of benzene rings is 1. The summed E-state index contributed by atoms with van der Waals surface area (Å²) in [4.78, 5) is 26.0. The molecule has 0 spiro atoms. The zero-order chi connectivity index (χ0) is 18.8. The van der Waals surface area contributed by atoms with Gasteiger partial charge in [-0.3, -0.25) is 14.3 Å². The lowest BCUT2D eigenvalue weighted by Crippen LogP contribution is -2.38. The van der Waals surface area contributed by atoms with Gasteiger partial charge in [-0.2, -0.15) is 0 Å². The highest BCUT2D eigenvalue weighted by Gasteiger charge is 2.43. The molecular weight excluding hydrogens is 347 g/mol. The Bertz CT molecular complexity index is 923. The van der Waals surface area contributed by atoms with E-state index in [2.05, 4.69) is 0 Å². The molecule has 1 saturated heterocycles. The first-order valence-electron chi connectivity index (χ1n) is 7.83. The Labute approximate surface area is 146 Å². The van der Waals surface area contributed by atoms with Gasteiger partial charge in [0.2, 0.25) is 0 Å². The number of aliphatic hydroxyl groups excluding tert-OH is 3. The van der Waals surface area contributed by atoms with Crippen LogP contribution in [0.5, 0.6) is 0 Å². The van der Waals surface area contributed by atoms with Crippen LogP contribution in [0.4, 0.5) is 4.39 Å². The minimum Gasteiger partial charge on any atom is -0.394 e. The fourth-order valence-electron chi connectivity index (χ4n) is 2.73. The topological polar surface area (TPSA) is 125 Å². The number of nitrogens with one attached hydrogen (secondary N) is 1. The van der Waals surface area contributed by atoms with Crippen LogP contribution in [0.1, 0.15) is 17.4 Å². The third-order valence-corrected chi connectivity index (χ3v) is 4.11. The molecule has 9 heteroatoms. The quantitative estimate of drug-likeness (QED) is 0.586. The smallest absolute Gasteiger partial charge is 0.330 e. The molecule has 1 aromatic heterocycles. The Morgan fingerprint density at radius 3 is 2.54 bits per heavy atom. The van der Waals surface area contributed by atoms with Gasteiger partial charge in [-0.25, -0.2) is 9.18 Å². The molecule has 4 N–H and O–H groups in total. The molecule has 2 heterocycles. The second kappa shape index (κ2) is 7.34. The van der Waals surface area contributed by atoms with Crippen LogP contribution in [-0.4, -0.2) is 49.8 Å². The van der Waals surface area contributed by atoms with Gasteiger partial charge in [-0.15, -0.1) is 0 Å². The lowest BCUT2D eigenvalue weighted by atomic mass is 10.1. The van der Waals surface area contributed by atoms with Crippen LogP contribution in [0.25, 0.3) is 11.9 Å². The molecule has 1 aliphatic heterocycles. The number of hydrogen-bond acceptors (Lipinski definition) is 6. The first kappa shape index (κ1) is 18.2. The van der Waals surface area contributed by atoms with Gasteiger partial charge in [-0.05, 0) is 11.6 Å². The number of hydrogen-bond donors (Lipinski definition) is 4. The highest BCUT2D eigenvalue weighted by Crippen LogP contribution is 2.28. The maximum Gasteiger partial charge on any atom is 0.330 e. The Kier molecular flexibility index (Phi) is 5.14. The van der Waals surface area contributed by atoms with E-state index in [0.717, 1.165) is 16.8 Å². The van der Waals surface area contributed by atoms with Crippen molar-refractivity contribution in [1.82, 2.24) is 9.55 Å². The second-order valence-corrected chi connectivity index (χ2v) is 5.84. The van der Waals surface area contributed by atoms with Crippen molar-refractivity contribution < 1.29 is 24.4 Å². The molecule has 2 aromatic rings. The van der Waals surface area contributed by atoms with Crippen LogP contribution in [0.2, 0.25) is 0 Å². The molecule has 1 aliphatic rings. The summed E-state index contributed by atoms with van der Waals surface area (Å²) < 4.78 is 20.6. The minimum atomic E-state index is -1.54. The number of aromatic amines is 1. The lowest BCUT2D eigenvalue weighted by Gasteiger charge is -2.17. The van der Waals surface area contributed by atoms with Crippen LogP contribution >= 0.6 is 0 Å². The van der Waals surface area contributed by atoms with Gasteiger partial charge in [0.25, 0.3) is 5.56 Å². The van der Waals surface area contributed by atoms with E-state index < -0.39 is 53.8 Å². The summed E-state index contributed by atoms with van der Waals surface area (Å²) in [7, 11) is 0. The fourth-order valence-corrected chi connectivity index (χ4v) is 2.73. The molecular formula is C17H17FN2O6. The van der Waals surface area contributed by atoms with Crippen molar-refractivity contribution >= 4 is 11.9 Å².